The third-order valence-electron chi connectivity index (χ3n) is 7.30. The molecule has 150 valence electrons. The second-order valence-corrected chi connectivity index (χ2v) is 9.21. The Morgan fingerprint density at radius 1 is 1.29 bits per heavy atom. The molecule has 4 rings (SSSR count). The fourth-order valence-electron chi connectivity index (χ4n) is 5.19. The molecule has 5 atom stereocenters. The lowest BCUT2D eigenvalue weighted by atomic mass is 9.69. The molecule has 1 saturated carbocycles. The van der Waals surface area contributed by atoms with Crippen molar-refractivity contribution in [2.24, 2.45) is 17.3 Å². The van der Waals surface area contributed by atoms with E-state index in [1.165, 1.54) is 5.57 Å². The number of rotatable bonds is 3. The molecule has 2 fully saturated rings. The predicted molar refractivity (Wildman–Crippen MR) is 107 cm³/mol. The molecular formula is C24H30O4. The van der Waals surface area contributed by atoms with Crippen LogP contribution in [0.1, 0.15) is 46.1 Å². The Hall–Kier alpha value is -1.91. The fourth-order valence-corrected chi connectivity index (χ4v) is 5.19. The standard InChI is InChI=1S/C24H30O4/c1-14-11-18-15(2)12-19(27-13-17-9-7-6-8-10-17)24(26)21(20(18)16(14)3)28-22(25)23(24,4)5/h6-10,14,18-19,21,26H,2,11-13H2,1,3-5H3/t14-,18-,19+,21-,24+/m1/s1. The zero-order chi connectivity index (χ0) is 20.3. The van der Waals surface area contributed by atoms with Crippen molar-refractivity contribution >= 4 is 5.97 Å². The maximum absolute atomic E-state index is 12.8. The van der Waals surface area contributed by atoms with Crippen LogP contribution in [0.4, 0.5) is 0 Å². The number of esters is 1. The summed E-state index contributed by atoms with van der Waals surface area (Å²) in [7, 11) is 0. The summed E-state index contributed by atoms with van der Waals surface area (Å²) in [5.41, 5.74) is 1.86. The van der Waals surface area contributed by atoms with Crippen molar-refractivity contribution in [3.05, 3.63) is 59.2 Å². The summed E-state index contributed by atoms with van der Waals surface area (Å²) in [5.74, 6) is 0.170. The number of allylic oxidation sites excluding steroid dienone is 1. The van der Waals surface area contributed by atoms with Crippen LogP contribution >= 0.6 is 0 Å². The van der Waals surface area contributed by atoms with Crippen LogP contribution in [-0.4, -0.2) is 28.9 Å². The third kappa shape index (κ3) is 2.61. The summed E-state index contributed by atoms with van der Waals surface area (Å²) in [6, 6.07) is 9.89. The molecule has 2 aliphatic carbocycles. The number of hydrogen-bond acceptors (Lipinski definition) is 4. The average molecular weight is 383 g/mol. The highest BCUT2D eigenvalue weighted by atomic mass is 16.6. The summed E-state index contributed by atoms with van der Waals surface area (Å²) in [5, 5.41) is 12.0. The molecule has 0 bridgehead atoms. The van der Waals surface area contributed by atoms with Crippen LogP contribution in [-0.2, 0) is 20.9 Å². The van der Waals surface area contributed by atoms with Gasteiger partial charge in [0.2, 0.25) is 0 Å². The third-order valence-corrected chi connectivity index (χ3v) is 7.30. The van der Waals surface area contributed by atoms with E-state index in [2.05, 4.69) is 20.4 Å². The van der Waals surface area contributed by atoms with Gasteiger partial charge in [-0.15, -0.1) is 0 Å². The lowest BCUT2D eigenvalue weighted by Crippen LogP contribution is -2.58. The smallest absolute Gasteiger partial charge is 0.315 e. The van der Waals surface area contributed by atoms with Crippen LogP contribution in [0.25, 0.3) is 0 Å². The molecule has 1 aromatic rings. The minimum absolute atomic E-state index is 0.138. The van der Waals surface area contributed by atoms with Crippen molar-refractivity contribution in [2.45, 2.75) is 65.0 Å². The van der Waals surface area contributed by atoms with Crippen molar-refractivity contribution in [1.29, 1.82) is 0 Å². The van der Waals surface area contributed by atoms with E-state index < -0.39 is 23.2 Å². The summed E-state index contributed by atoms with van der Waals surface area (Å²) in [4.78, 5) is 12.8. The van der Waals surface area contributed by atoms with E-state index in [1.54, 1.807) is 13.8 Å². The molecular weight excluding hydrogens is 352 g/mol. The van der Waals surface area contributed by atoms with Gasteiger partial charge in [0, 0.05) is 5.92 Å². The normalized spacial score (nSPS) is 36.8. The van der Waals surface area contributed by atoms with Crippen LogP contribution in [0.15, 0.2) is 53.6 Å². The first kappa shape index (κ1) is 19.4. The highest BCUT2D eigenvalue weighted by molar-refractivity contribution is 5.82. The quantitative estimate of drug-likeness (QED) is 0.629. The van der Waals surface area contributed by atoms with Crippen LogP contribution in [0.3, 0.4) is 0 Å². The van der Waals surface area contributed by atoms with Gasteiger partial charge in [0.1, 0.15) is 5.60 Å². The van der Waals surface area contributed by atoms with Crippen LogP contribution in [0.2, 0.25) is 0 Å². The Kier molecular flexibility index (Phi) is 4.55. The van der Waals surface area contributed by atoms with Crippen molar-refractivity contribution in [2.75, 3.05) is 0 Å². The first-order valence-electron chi connectivity index (χ1n) is 10.1. The highest BCUT2D eigenvalue weighted by Crippen LogP contribution is 2.57. The van der Waals surface area contributed by atoms with Gasteiger partial charge in [-0.05, 0) is 50.7 Å². The van der Waals surface area contributed by atoms with Crippen molar-refractivity contribution in [3.63, 3.8) is 0 Å². The van der Waals surface area contributed by atoms with E-state index in [0.717, 1.165) is 23.1 Å². The fraction of sp³-hybridized carbons (Fsp3) is 0.542. The Morgan fingerprint density at radius 2 is 1.96 bits per heavy atom. The molecule has 3 aliphatic rings. The summed E-state index contributed by atoms with van der Waals surface area (Å²) < 4.78 is 12.1. The van der Waals surface area contributed by atoms with E-state index in [4.69, 9.17) is 9.47 Å². The molecule has 0 amide bonds. The zero-order valence-corrected chi connectivity index (χ0v) is 17.2. The van der Waals surface area contributed by atoms with Gasteiger partial charge in [0.25, 0.3) is 0 Å². The monoisotopic (exact) mass is 382 g/mol. The summed E-state index contributed by atoms with van der Waals surface area (Å²) in [6.07, 6.45) is 0.238. The lowest BCUT2D eigenvalue weighted by molar-refractivity contribution is -0.168. The average Bonchev–Trinajstić information content (AvgIpc) is 3.02. The first-order chi connectivity index (χ1) is 13.2. The van der Waals surface area contributed by atoms with E-state index in [-0.39, 0.29) is 11.9 Å². The minimum atomic E-state index is -1.43. The predicted octanol–water partition coefficient (Wildman–Crippen LogP) is 4.19. The van der Waals surface area contributed by atoms with E-state index in [1.807, 2.05) is 30.3 Å². The molecule has 1 saturated heterocycles. The van der Waals surface area contributed by atoms with E-state index in [9.17, 15) is 9.90 Å². The summed E-state index contributed by atoms with van der Waals surface area (Å²) in [6.45, 7) is 12.5. The van der Waals surface area contributed by atoms with Gasteiger partial charge >= 0.3 is 5.97 Å². The van der Waals surface area contributed by atoms with E-state index in [0.29, 0.717) is 18.9 Å². The first-order valence-corrected chi connectivity index (χ1v) is 10.1. The van der Waals surface area contributed by atoms with Crippen molar-refractivity contribution in [3.8, 4) is 0 Å². The molecule has 0 spiro atoms. The van der Waals surface area contributed by atoms with Gasteiger partial charge in [0.05, 0.1) is 18.1 Å². The number of ether oxygens (including phenoxy) is 2. The van der Waals surface area contributed by atoms with Gasteiger partial charge in [0.15, 0.2) is 6.10 Å². The Morgan fingerprint density at radius 3 is 2.64 bits per heavy atom. The molecule has 4 heteroatoms. The van der Waals surface area contributed by atoms with Gasteiger partial charge in [-0.25, -0.2) is 0 Å². The van der Waals surface area contributed by atoms with Crippen molar-refractivity contribution < 1.29 is 19.4 Å². The largest absolute Gasteiger partial charge is 0.454 e. The molecule has 1 aromatic carbocycles. The Balaban J connectivity index is 1.77. The number of carbonyl (C=O) groups excluding carboxylic acids is 1. The molecule has 1 N–H and O–H groups in total. The molecule has 0 unspecified atom stereocenters. The zero-order valence-electron chi connectivity index (χ0n) is 17.2. The Labute approximate surface area is 167 Å². The van der Waals surface area contributed by atoms with Crippen LogP contribution in [0.5, 0.6) is 0 Å². The molecule has 4 nitrogen and oxygen atoms in total. The number of benzene rings is 1. The topological polar surface area (TPSA) is 55.8 Å². The second kappa shape index (κ2) is 6.57. The minimum Gasteiger partial charge on any atom is -0.454 e. The molecule has 0 aromatic heterocycles. The second-order valence-electron chi connectivity index (χ2n) is 9.21. The maximum atomic E-state index is 12.8. The maximum Gasteiger partial charge on any atom is 0.315 e. The van der Waals surface area contributed by atoms with Gasteiger partial charge in [-0.1, -0.05) is 55.0 Å². The molecule has 1 heterocycles. The van der Waals surface area contributed by atoms with Crippen LogP contribution in [0, 0.1) is 17.3 Å². The molecule has 1 aliphatic heterocycles. The van der Waals surface area contributed by atoms with Gasteiger partial charge in [-0.3, -0.25) is 4.79 Å². The van der Waals surface area contributed by atoms with Crippen LogP contribution < -0.4 is 0 Å². The SMILES string of the molecule is C=C1C[C@H](OCc2ccccc2)[C@]2(O)[C@H](OC(=O)C2(C)C)C2=C(C)[C@H](C)C[C@H]12. The summed E-state index contributed by atoms with van der Waals surface area (Å²) >= 11 is 0. The molecule has 0 radical (unpaired) electrons. The van der Waals surface area contributed by atoms with E-state index >= 15 is 0 Å². The number of hydrogen-bond donors (Lipinski definition) is 1. The Bertz CT molecular complexity index is 837. The highest BCUT2D eigenvalue weighted by Gasteiger charge is 2.69. The van der Waals surface area contributed by atoms with Gasteiger partial charge in [-0.2, -0.15) is 0 Å². The van der Waals surface area contributed by atoms with Gasteiger partial charge < -0.3 is 14.6 Å². The number of fused-ring (bicyclic) bond motifs is 3. The number of aliphatic hydroxyl groups is 1. The van der Waals surface area contributed by atoms with Crippen molar-refractivity contribution in [1.82, 2.24) is 0 Å². The molecule has 28 heavy (non-hydrogen) atoms. The lowest BCUT2D eigenvalue weighted by Gasteiger charge is -2.41. The number of carbonyl (C=O) groups is 1.